The van der Waals surface area contributed by atoms with E-state index in [0.29, 0.717) is 11.3 Å². The molecule has 0 saturated heterocycles. The maximum atomic E-state index is 11.3. The summed E-state index contributed by atoms with van der Waals surface area (Å²) in [6, 6.07) is 15.2. The van der Waals surface area contributed by atoms with Gasteiger partial charge in [-0.15, -0.1) is 0 Å². The van der Waals surface area contributed by atoms with Gasteiger partial charge in [-0.1, -0.05) is 48.5 Å². The van der Waals surface area contributed by atoms with Crippen LogP contribution in [0.3, 0.4) is 0 Å². The molecular formula is C16H15N3O3. The SMILES string of the molecule is NC1(OCc2ccccc2)c2ccccc2N=CC1[N+](=O)[O-]. The lowest BCUT2D eigenvalue weighted by atomic mass is 9.92. The van der Waals surface area contributed by atoms with E-state index >= 15 is 0 Å². The standard InChI is InChI=1S/C16H15N3O3/c17-16(22-11-12-6-2-1-3-7-12)13-8-4-5-9-14(13)18-10-15(16)19(20)21/h1-10,15H,11,17H2. The van der Waals surface area contributed by atoms with Crippen LogP contribution in [-0.2, 0) is 17.1 Å². The first-order chi connectivity index (χ1) is 10.6. The molecule has 1 heterocycles. The number of hydrogen-bond donors (Lipinski definition) is 1. The number of nitro groups is 1. The number of hydrogen-bond acceptors (Lipinski definition) is 5. The molecule has 6 nitrogen and oxygen atoms in total. The Hall–Kier alpha value is -2.57. The van der Waals surface area contributed by atoms with E-state index in [2.05, 4.69) is 4.99 Å². The highest BCUT2D eigenvalue weighted by Gasteiger charge is 2.49. The molecule has 1 aliphatic rings. The van der Waals surface area contributed by atoms with Crippen molar-refractivity contribution >= 4 is 11.9 Å². The fourth-order valence-electron chi connectivity index (χ4n) is 2.49. The second-order valence-electron chi connectivity index (χ2n) is 5.09. The van der Waals surface area contributed by atoms with Gasteiger partial charge in [-0.05, 0) is 11.6 Å². The summed E-state index contributed by atoms with van der Waals surface area (Å²) in [5, 5.41) is 11.3. The minimum atomic E-state index is -1.54. The van der Waals surface area contributed by atoms with Gasteiger partial charge in [0.15, 0.2) is 0 Å². The molecule has 0 fully saturated rings. The fourth-order valence-corrected chi connectivity index (χ4v) is 2.49. The van der Waals surface area contributed by atoms with Crippen LogP contribution in [0.15, 0.2) is 59.6 Å². The van der Waals surface area contributed by atoms with E-state index in [1.165, 1.54) is 6.21 Å². The normalized spacial score (nSPS) is 23.0. The lowest BCUT2D eigenvalue weighted by molar-refractivity contribution is -0.528. The molecule has 0 aliphatic carbocycles. The van der Waals surface area contributed by atoms with Crippen molar-refractivity contribution in [1.29, 1.82) is 0 Å². The summed E-state index contributed by atoms with van der Waals surface area (Å²) in [6.07, 6.45) is 1.24. The van der Waals surface area contributed by atoms with Gasteiger partial charge >= 0.3 is 0 Å². The monoisotopic (exact) mass is 297 g/mol. The Morgan fingerprint density at radius 3 is 2.59 bits per heavy atom. The van der Waals surface area contributed by atoms with E-state index in [-0.39, 0.29) is 6.61 Å². The second-order valence-corrected chi connectivity index (χ2v) is 5.09. The molecule has 2 unspecified atom stereocenters. The van der Waals surface area contributed by atoms with Crippen LogP contribution in [0.1, 0.15) is 11.1 Å². The van der Waals surface area contributed by atoms with Crippen LogP contribution in [0.4, 0.5) is 5.69 Å². The number of nitrogens with two attached hydrogens (primary N) is 1. The van der Waals surface area contributed by atoms with Gasteiger partial charge in [0.05, 0.1) is 18.5 Å². The summed E-state index contributed by atoms with van der Waals surface area (Å²) >= 11 is 0. The summed E-state index contributed by atoms with van der Waals surface area (Å²) in [7, 11) is 0. The lowest BCUT2D eigenvalue weighted by Crippen LogP contribution is -2.55. The molecule has 3 rings (SSSR count). The summed E-state index contributed by atoms with van der Waals surface area (Å²) in [5.74, 6) is 0. The molecule has 6 heteroatoms. The number of aliphatic imine (C=N–C) groups is 1. The van der Waals surface area contributed by atoms with Crippen molar-refractivity contribution < 1.29 is 9.66 Å². The van der Waals surface area contributed by atoms with Crippen LogP contribution in [-0.4, -0.2) is 17.2 Å². The van der Waals surface area contributed by atoms with Crippen LogP contribution in [0.2, 0.25) is 0 Å². The predicted octanol–water partition coefficient (Wildman–Crippen LogP) is 2.38. The van der Waals surface area contributed by atoms with E-state index in [4.69, 9.17) is 10.5 Å². The predicted molar refractivity (Wildman–Crippen MR) is 82.5 cm³/mol. The first-order valence-electron chi connectivity index (χ1n) is 6.85. The second kappa shape index (κ2) is 5.67. The minimum Gasteiger partial charge on any atom is -0.345 e. The third kappa shape index (κ3) is 2.49. The van der Waals surface area contributed by atoms with Crippen LogP contribution < -0.4 is 5.73 Å². The first kappa shape index (κ1) is 14.4. The Morgan fingerprint density at radius 2 is 1.86 bits per heavy atom. The van der Waals surface area contributed by atoms with Gasteiger partial charge in [0, 0.05) is 10.5 Å². The minimum absolute atomic E-state index is 0.184. The van der Waals surface area contributed by atoms with E-state index in [1.54, 1.807) is 24.3 Å². The molecule has 1 aliphatic heterocycles. The van der Waals surface area contributed by atoms with Crippen LogP contribution in [0.5, 0.6) is 0 Å². The molecular weight excluding hydrogens is 282 g/mol. The van der Waals surface area contributed by atoms with Crippen LogP contribution in [0, 0.1) is 10.1 Å². The van der Waals surface area contributed by atoms with E-state index in [1.807, 2.05) is 30.3 Å². The lowest BCUT2D eigenvalue weighted by Gasteiger charge is -2.33. The summed E-state index contributed by atoms with van der Waals surface area (Å²) in [5.41, 5.74) is 6.78. The van der Waals surface area contributed by atoms with Gasteiger partial charge in [0.2, 0.25) is 5.72 Å². The molecule has 0 amide bonds. The molecule has 22 heavy (non-hydrogen) atoms. The maximum absolute atomic E-state index is 11.3. The zero-order valence-corrected chi connectivity index (χ0v) is 11.8. The van der Waals surface area contributed by atoms with Gasteiger partial charge in [0.25, 0.3) is 6.04 Å². The highest BCUT2D eigenvalue weighted by Crippen LogP contribution is 2.36. The maximum Gasteiger partial charge on any atom is 0.293 e. The molecule has 0 saturated carbocycles. The number of benzene rings is 2. The molecule has 2 aromatic rings. The average Bonchev–Trinajstić information content (AvgIpc) is 2.54. The number of fused-ring (bicyclic) bond motifs is 1. The first-order valence-corrected chi connectivity index (χ1v) is 6.85. The number of para-hydroxylation sites is 1. The molecule has 0 aromatic heterocycles. The smallest absolute Gasteiger partial charge is 0.293 e. The Balaban J connectivity index is 1.95. The Labute approximate surface area is 127 Å². The zero-order valence-electron chi connectivity index (χ0n) is 11.8. The summed E-state index contributed by atoms with van der Waals surface area (Å²) in [6.45, 7) is 0.184. The van der Waals surface area contributed by atoms with Crippen molar-refractivity contribution in [3.8, 4) is 0 Å². The average molecular weight is 297 g/mol. The molecule has 2 atom stereocenters. The molecule has 2 aromatic carbocycles. The Kier molecular flexibility index (Phi) is 3.70. The Bertz CT molecular complexity index is 718. The highest BCUT2D eigenvalue weighted by molar-refractivity contribution is 5.75. The van der Waals surface area contributed by atoms with Crippen molar-refractivity contribution in [3.05, 3.63) is 75.8 Å². The zero-order chi connectivity index (χ0) is 15.6. The topological polar surface area (TPSA) is 90.8 Å². The third-order valence-electron chi connectivity index (χ3n) is 3.67. The van der Waals surface area contributed by atoms with E-state index in [0.717, 1.165) is 5.56 Å². The number of nitrogens with zero attached hydrogens (tertiary/aromatic N) is 2. The van der Waals surface area contributed by atoms with Gasteiger partial charge in [0.1, 0.15) is 0 Å². The molecule has 0 spiro atoms. The largest absolute Gasteiger partial charge is 0.345 e. The van der Waals surface area contributed by atoms with Gasteiger partial charge < -0.3 is 4.74 Å². The Morgan fingerprint density at radius 1 is 1.18 bits per heavy atom. The van der Waals surface area contributed by atoms with Crippen molar-refractivity contribution in [2.75, 3.05) is 0 Å². The van der Waals surface area contributed by atoms with Crippen LogP contribution in [0.25, 0.3) is 0 Å². The van der Waals surface area contributed by atoms with Crippen molar-refractivity contribution in [1.82, 2.24) is 0 Å². The third-order valence-corrected chi connectivity index (χ3v) is 3.67. The van der Waals surface area contributed by atoms with Crippen molar-refractivity contribution in [3.63, 3.8) is 0 Å². The highest BCUT2D eigenvalue weighted by atomic mass is 16.6. The summed E-state index contributed by atoms with van der Waals surface area (Å²) < 4.78 is 5.80. The number of ether oxygens (including phenoxy) is 1. The molecule has 2 N–H and O–H groups in total. The van der Waals surface area contributed by atoms with E-state index in [9.17, 15) is 10.1 Å². The van der Waals surface area contributed by atoms with Gasteiger partial charge in [-0.25, -0.2) is 0 Å². The quantitative estimate of drug-likeness (QED) is 0.533. The molecule has 0 bridgehead atoms. The van der Waals surface area contributed by atoms with Crippen LogP contribution >= 0.6 is 0 Å². The molecule has 112 valence electrons. The van der Waals surface area contributed by atoms with E-state index < -0.39 is 16.7 Å². The molecule has 0 radical (unpaired) electrons. The van der Waals surface area contributed by atoms with Crippen molar-refractivity contribution in [2.24, 2.45) is 10.7 Å². The van der Waals surface area contributed by atoms with Gasteiger partial charge in [-0.2, -0.15) is 0 Å². The van der Waals surface area contributed by atoms with Crippen molar-refractivity contribution in [2.45, 2.75) is 18.4 Å². The summed E-state index contributed by atoms with van der Waals surface area (Å²) in [4.78, 5) is 15.0. The number of rotatable bonds is 4. The van der Waals surface area contributed by atoms with Gasteiger partial charge in [-0.3, -0.25) is 20.8 Å². The fraction of sp³-hybridized carbons (Fsp3) is 0.188.